The number of rotatable bonds is 4. The van der Waals surface area contributed by atoms with Crippen molar-refractivity contribution in [2.75, 3.05) is 33.7 Å². The molecule has 1 aromatic carbocycles. The van der Waals surface area contributed by atoms with Crippen LogP contribution in [0.2, 0.25) is 0 Å². The number of pyridine rings is 1. The van der Waals surface area contributed by atoms with Crippen LogP contribution in [0.25, 0.3) is 27.8 Å². The first-order valence-corrected chi connectivity index (χ1v) is 11.7. The van der Waals surface area contributed by atoms with Gasteiger partial charge in [0.1, 0.15) is 6.33 Å². The van der Waals surface area contributed by atoms with E-state index in [1.807, 2.05) is 28.4 Å². The molecule has 1 saturated heterocycles. The maximum absolute atomic E-state index is 12.4. The molecule has 3 aromatic heterocycles. The zero-order valence-corrected chi connectivity index (χ0v) is 20.1. The Morgan fingerprint density at radius 2 is 1.88 bits per heavy atom. The summed E-state index contributed by atoms with van der Waals surface area (Å²) in [5, 5.41) is 5.63. The molecule has 1 fully saturated rings. The van der Waals surface area contributed by atoms with Gasteiger partial charge in [-0.1, -0.05) is 6.07 Å². The van der Waals surface area contributed by atoms with Crippen LogP contribution in [0.4, 0.5) is 0 Å². The summed E-state index contributed by atoms with van der Waals surface area (Å²) in [4.78, 5) is 24.4. The highest BCUT2D eigenvalue weighted by Crippen LogP contribution is 2.36. The fraction of sp³-hybridized carbons (Fsp3) is 0.423. The third kappa shape index (κ3) is 3.80. The number of aryl methyl sites for hydroxylation is 2. The van der Waals surface area contributed by atoms with E-state index in [2.05, 4.69) is 60.2 Å². The molecule has 7 heteroatoms. The molecule has 0 unspecified atom stereocenters. The molecule has 4 heterocycles. The quantitative estimate of drug-likeness (QED) is 0.515. The Morgan fingerprint density at radius 3 is 2.61 bits per heavy atom. The minimum atomic E-state index is 0.232. The molecule has 0 atom stereocenters. The second kappa shape index (κ2) is 8.30. The number of carbonyl (C=O) groups is 1. The normalized spacial score (nSPS) is 15.3. The second-order valence-electron chi connectivity index (χ2n) is 9.64. The number of H-pyrrole nitrogens is 1. The lowest BCUT2D eigenvalue weighted by atomic mass is 9.88. The number of fused-ring (bicyclic) bond motifs is 2. The minimum Gasteiger partial charge on any atom is -0.354 e. The first-order chi connectivity index (χ1) is 15.8. The predicted octanol–water partition coefficient (Wildman–Crippen LogP) is 4.07. The lowest BCUT2D eigenvalue weighted by molar-refractivity contribution is -0.132. The van der Waals surface area contributed by atoms with Crippen molar-refractivity contribution in [2.24, 2.45) is 0 Å². The fourth-order valence-electron chi connectivity index (χ4n) is 5.15. The summed E-state index contributed by atoms with van der Waals surface area (Å²) in [7, 11) is 3.89. The van der Waals surface area contributed by atoms with E-state index in [4.69, 9.17) is 0 Å². The zero-order valence-electron chi connectivity index (χ0n) is 20.1. The summed E-state index contributed by atoms with van der Waals surface area (Å²) < 4.78 is 1.86. The van der Waals surface area contributed by atoms with Crippen LogP contribution in [0.1, 0.15) is 41.0 Å². The average Bonchev–Trinajstić information content (AvgIpc) is 3.40. The first-order valence-electron chi connectivity index (χ1n) is 11.7. The molecule has 0 saturated carbocycles. The maximum atomic E-state index is 12.4. The van der Waals surface area contributed by atoms with Crippen LogP contribution in [0.15, 0.2) is 30.7 Å². The summed E-state index contributed by atoms with van der Waals surface area (Å²) >= 11 is 0. The van der Waals surface area contributed by atoms with Crippen LogP contribution in [0, 0.1) is 20.8 Å². The van der Waals surface area contributed by atoms with Crippen LogP contribution in [0.5, 0.6) is 0 Å². The highest BCUT2D eigenvalue weighted by atomic mass is 16.2. The number of aromatic nitrogens is 4. The van der Waals surface area contributed by atoms with Gasteiger partial charge in [-0.05, 0) is 88.0 Å². The molecular weight excluding hydrogens is 412 g/mol. The number of aromatic amines is 1. The number of likely N-dealkylation sites (N-methyl/N-ethyl adjacent to an activating group) is 1. The van der Waals surface area contributed by atoms with Crippen molar-refractivity contribution in [3.8, 4) is 11.3 Å². The zero-order chi connectivity index (χ0) is 23.3. The fourth-order valence-corrected chi connectivity index (χ4v) is 5.15. The third-order valence-corrected chi connectivity index (χ3v) is 7.25. The van der Waals surface area contributed by atoms with Gasteiger partial charge < -0.3 is 14.8 Å². The molecule has 0 bridgehead atoms. The van der Waals surface area contributed by atoms with Crippen molar-refractivity contribution in [2.45, 2.75) is 39.5 Å². The van der Waals surface area contributed by atoms with Gasteiger partial charge in [0.15, 0.2) is 5.65 Å². The Morgan fingerprint density at radius 1 is 1.12 bits per heavy atom. The number of hydrogen-bond acceptors (Lipinski definition) is 4. The molecule has 0 spiro atoms. The number of likely N-dealkylation sites (tertiary alicyclic amines) is 1. The van der Waals surface area contributed by atoms with Crippen molar-refractivity contribution >= 4 is 22.5 Å². The number of nitrogens with one attached hydrogen (secondary N) is 1. The standard InChI is InChI=1S/C26H32N6O/c1-16-17(2)26-27-15-28-32(26)13-22(16)25-18(3)21-12-20(6-7-23(21)29-25)19-8-10-31(11-9-19)24(33)14-30(4)5/h6-7,12-13,15,19,29H,8-11,14H2,1-5H3. The second-order valence-corrected chi connectivity index (χ2v) is 9.64. The van der Waals surface area contributed by atoms with Crippen LogP contribution in [-0.4, -0.2) is 69.0 Å². The molecule has 0 aliphatic carbocycles. The Bertz CT molecular complexity index is 1340. The van der Waals surface area contributed by atoms with E-state index in [0.29, 0.717) is 12.5 Å². The lowest BCUT2D eigenvalue weighted by Crippen LogP contribution is -2.42. The Labute approximate surface area is 194 Å². The lowest BCUT2D eigenvalue weighted by Gasteiger charge is -2.33. The van der Waals surface area contributed by atoms with Gasteiger partial charge in [0.2, 0.25) is 5.91 Å². The summed E-state index contributed by atoms with van der Waals surface area (Å²) in [5.41, 5.74) is 9.36. The Kier molecular flexibility index (Phi) is 5.44. The molecule has 1 aliphatic rings. The van der Waals surface area contributed by atoms with Gasteiger partial charge in [0, 0.05) is 35.8 Å². The first kappa shape index (κ1) is 21.6. The van der Waals surface area contributed by atoms with Crippen molar-refractivity contribution in [1.29, 1.82) is 0 Å². The van der Waals surface area contributed by atoms with Gasteiger partial charge >= 0.3 is 0 Å². The third-order valence-electron chi connectivity index (χ3n) is 7.25. The molecule has 172 valence electrons. The van der Waals surface area contributed by atoms with Gasteiger partial charge in [-0.3, -0.25) is 4.79 Å². The van der Waals surface area contributed by atoms with Crippen molar-refractivity contribution in [3.05, 3.63) is 53.0 Å². The van der Waals surface area contributed by atoms with Gasteiger partial charge in [-0.2, -0.15) is 5.10 Å². The van der Waals surface area contributed by atoms with E-state index >= 15 is 0 Å². The largest absolute Gasteiger partial charge is 0.354 e. The van der Waals surface area contributed by atoms with E-state index in [1.54, 1.807) is 6.33 Å². The van der Waals surface area contributed by atoms with E-state index in [9.17, 15) is 4.79 Å². The molecule has 1 N–H and O–H groups in total. The topological polar surface area (TPSA) is 69.5 Å². The summed E-state index contributed by atoms with van der Waals surface area (Å²) in [5.74, 6) is 0.723. The summed E-state index contributed by atoms with van der Waals surface area (Å²) in [6, 6.07) is 6.81. The van der Waals surface area contributed by atoms with Gasteiger partial charge in [-0.15, -0.1) is 0 Å². The molecule has 1 amide bonds. The van der Waals surface area contributed by atoms with E-state index < -0.39 is 0 Å². The smallest absolute Gasteiger partial charge is 0.236 e. The average molecular weight is 445 g/mol. The van der Waals surface area contributed by atoms with Crippen LogP contribution >= 0.6 is 0 Å². The molecule has 33 heavy (non-hydrogen) atoms. The highest BCUT2D eigenvalue weighted by molar-refractivity contribution is 5.92. The monoisotopic (exact) mass is 444 g/mol. The summed E-state index contributed by atoms with van der Waals surface area (Å²) in [6.07, 6.45) is 5.71. The molecular formula is C26H32N6O. The van der Waals surface area contributed by atoms with E-state index in [0.717, 1.165) is 53.9 Å². The maximum Gasteiger partial charge on any atom is 0.236 e. The van der Waals surface area contributed by atoms with Gasteiger partial charge in [-0.25, -0.2) is 9.50 Å². The number of carbonyl (C=O) groups excluding carboxylic acids is 1. The van der Waals surface area contributed by atoms with Crippen LogP contribution < -0.4 is 0 Å². The number of benzene rings is 1. The molecule has 1 aliphatic heterocycles. The predicted molar refractivity (Wildman–Crippen MR) is 132 cm³/mol. The van der Waals surface area contributed by atoms with E-state index in [1.165, 1.54) is 22.1 Å². The Balaban J connectivity index is 1.43. The van der Waals surface area contributed by atoms with Crippen molar-refractivity contribution in [3.63, 3.8) is 0 Å². The Hall–Kier alpha value is -3.19. The molecule has 4 aromatic rings. The van der Waals surface area contributed by atoms with Gasteiger partial charge in [0.25, 0.3) is 0 Å². The number of amides is 1. The van der Waals surface area contributed by atoms with Crippen LogP contribution in [-0.2, 0) is 4.79 Å². The minimum absolute atomic E-state index is 0.232. The highest BCUT2D eigenvalue weighted by Gasteiger charge is 2.25. The van der Waals surface area contributed by atoms with Crippen molar-refractivity contribution < 1.29 is 4.79 Å². The number of hydrogen-bond donors (Lipinski definition) is 1. The van der Waals surface area contributed by atoms with E-state index in [-0.39, 0.29) is 5.91 Å². The molecule has 7 nitrogen and oxygen atoms in total. The molecule has 0 radical (unpaired) electrons. The van der Waals surface area contributed by atoms with Crippen LogP contribution in [0.3, 0.4) is 0 Å². The van der Waals surface area contributed by atoms with Gasteiger partial charge in [0.05, 0.1) is 12.2 Å². The summed E-state index contributed by atoms with van der Waals surface area (Å²) in [6.45, 7) is 8.62. The SMILES string of the molecule is Cc1c(-c2[nH]c3ccc(C4CCN(C(=O)CN(C)C)CC4)cc3c2C)cn2ncnc2c1C. The molecule has 5 rings (SSSR count). The number of nitrogens with zero attached hydrogens (tertiary/aromatic N) is 5. The number of piperidine rings is 1. The van der Waals surface area contributed by atoms with Crippen molar-refractivity contribution in [1.82, 2.24) is 29.4 Å².